The first kappa shape index (κ1) is 15.7. The monoisotopic (exact) mass is 310 g/mol. The molecular formula is C19H22N2O2. The lowest BCUT2D eigenvalue weighted by Crippen LogP contribution is -2.29. The lowest BCUT2D eigenvalue weighted by Gasteiger charge is -2.17. The third-order valence-electron chi connectivity index (χ3n) is 4.78. The van der Waals surface area contributed by atoms with Crippen molar-refractivity contribution in [3.8, 4) is 0 Å². The molecule has 0 radical (unpaired) electrons. The molecule has 0 bridgehead atoms. The first-order valence-corrected chi connectivity index (χ1v) is 7.98. The van der Waals surface area contributed by atoms with Crippen molar-refractivity contribution in [3.05, 3.63) is 65.0 Å². The first-order valence-electron chi connectivity index (χ1n) is 7.98. The Hall–Kier alpha value is -2.20. The van der Waals surface area contributed by atoms with E-state index in [1.165, 1.54) is 5.56 Å². The predicted molar refractivity (Wildman–Crippen MR) is 89.4 cm³/mol. The highest BCUT2D eigenvalue weighted by molar-refractivity contribution is 5.94. The van der Waals surface area contributed by atoms with Gasteiger partial charge in [-0.1, -0.05) is 12.1 Å². The van der Waals surface area contributed by atoms with Crippen molar-refractivity contribution in [3.63, 3.8) is 0 Å². The molecule has 2 atom stereocenters. The van der Waals surface area contributed by atoms with Gasteiger partial charge in [0.1, 0.15) is 0 Å². The average molecular weight is 310 g/mol. The van der Waals surface area contributed by atoms with Crippen molar-refractivity contribution in [2.24, 2.45) is 5.92 Å². The Kier molecular flexibility index (Phi) is 4.44. The molecule has 0 saturated carbocycles. The number of aliphatic hydroxyl groups is 1. The summed E-state index contributed by atoms with van der Waals surface area (Å²) in [6, 6.07) is 11.6. The molecule has 1 aromatic carbocycles. The summed E-state index contributed by atoms with van der Waals surface area (Å²) in [6.45, 7) is 5.30. The van der Waals surface area contributed by atoms with E-state index in [9.17, 15) is 9.90 Å². The van der Waals surface area contributed by atoms with Crippen LogP contribution in [0.3, 0.4) is 0 Å². The van der Waals surface area contributed by atoms with Crippen LogP contribution in [-0.2, 0) is 0 Å². The fourth-order valence-electron chi connectivity index (χ4n) is 3.21. The van der Waals surface area contributed by atoms with Gasteiger partial charge < -0.3 is 10.0 Å². The Labute approximate surface area is 136 Å². The van der Waals surface area contributed by atoms with Gasteiger partial charge in [0.2, 0.25) is 0 Å². The van der Waals surface area contributed by atoms with Crippen molar-refractivity contribution in [1.82, 2.24) is 9.88 Å². The number of pyridine rings is 1. The maximum atomic E-state index is 12.8. The van der Waals surface area contributed by atoms with Gasteiger partial charge in [0.15, 0.2) is 0 Å². The van der Waals surface area contributed by atoms with Crippen molar-refractivity contribution in [2.75, 3.05) is 19.7 Å². The SMILES string of the molecule is Cc1ccc(C(=O)N2C[C@@H](CO)[C@H](c3ccccn3)C2)cc1C. The Morgan fingerprint density at radius 2 is 2.04 bits per heavy atom. The summed E-state index contributed by atoms with van der Waals surface area (Å²) in [7, 11) is 0. The number of amides is 1. The molecule has 120 valence electrons. The van der Waals surface area contributed by atoms with Crippen molar-refractivity contribution in [1.29, 1.82) is 0 Å². The Bertz CT molecular complexity index is 700. The van der Waals surface area contributed by atoms with Crippen molar-refractivity contribution < 1.29 is 9.90 Å². The van der Waals surface area contributed by atoms with Crippen LogP contribution in [-0.4, -0.2) is 40.6 Å². The fraction of sp³-hybridized carbons (Fsp3) is 0.368. The second kappa shape index (κ2) is 6.50. The summed E-state index contributed by atoms with van der Waals surface area (Å²) < 4.78 is 0. The molecule has 1 N–H and O–H groups in total. The molecule has 2 aromatic rings. The summed E-state index contributed by atoms with van der Waals surface area (Å²) in [6.07, 6.45) is 1.76. The standard InChI is InChI=1S/C19H22N2O2/c1-13-6-7-15(9-14(13)2)19(23)21-10-16(12-22)17(11-21)18-5-3-4-8-20-18/h3-9,16-17,22H,10-12H2,1-2H3/t16-,17+/m0/s1. The molecule has 23 heavy (non-hydrogen) atoms. The molecule has 1 fully saturated rings. The van der Waals surface area contributed by atoms with E-state index < -0.39 is 0 Å². The van der Waals surface area contributed by atoms with Crippen LogP contribution < -0.4 is 0 Å². The minimum absolute atomic E-state index is 0.0324. The van der Waals surface area contributed by atoms with E-state index in [0.717, 1.165) is 11.3 Å². The van der Waals surface area contributed by atoms with E-state index in [-0.39, 0.29) is 24.3 Å². The second-order valence-electron chi connectivity index (χ2n) is 6.31. The third kappa shape index (κ3) is 3.13. The summed E-state index contributed by atoms with van der Waals surface area (Å²) in [5.74, 6) is 0.169. The molecule has 1 aliphatic rings. The summed E-state index contributed by atoms with van der Waals surface area (Å²) in [5, 5.41) is 9.68. The van der Waals surface area contributed by atoms with Crippen LogP contribution in [0.1, 0.15) is 33.1 Å². The fourth-order valence-corrected chi connectivity index (χ4v) is 3.21. The quantitative estimate of drug-likeness (QED) is 0.948. The van der Waals surface area contributed by atoms with E-state index in [2.05, 4.69) is 4.98 Å². The lowest BCUT2D eigenvalue weighted by molar-refractivity contribution is 0.0781. The Balaban J connectivity index is 1.81. The van der Waals surface area contributed by atoms with Crippen LogP contribution in [0.5, 0.6) is 0 Å². The molecule has 2 heterocycles. The molecule has 0 unspecified atom stereocenters. The maximum absolute atomic E-state index is 12.8. The number of aryl methyl sites for hydroxylation is 2. The molecule has 1 aromatic heterocycles. The topological polar surface area (TPSA) is 53.4 Å². The number of nitrogens with zero attached hydrogens (tertiary/aromatic N) is 2. The summed E-state index contributed by atoms with van der Waals surface area (Å²) in [5.41, 5.74) is 3.96. The number of aromatic nitrogens is 1. The molecule has 1 aliphatic heterocycles. The highest BCUT2D eigenvalue weighted by Crippen LogP contribution is 2.32. The van der Waals surface area contributed by atoms with Gasteiger partial charge in [-0.2, -0.15) is 0 Å². The van der Waals surface area contributed by atoms with Gasteiger partial charge in [0.05, 0.1) is 0 Å². The highest BCUT2D eigenvalue weighted by Gasteiger charge is 2.36. The molecule has 1 amide bonds. The zero-order valence-electron chi connectivity index (χ0n) is 13.6. The summed E-state index contributed by atoms with van der Waals surface area (Å²) >= 11 is 0. The zero-order chi connectivity index (χ0) is 16.4. The molecule has 0 aliphatic carbocycles. The van der Waals surface area contributed by atoms with Gasteiger partial charge in [0, 0.05) is 49.0 Å². The van der Waals surface area contributed by atoms with Crippen LogP contribution in [0.15, 0.2) is 42.6 Å². The van der Waals surface area contributed by atoms with Crippen molar-refractivity contribution >= 4 is 5.91 Å². The van der Waals surface area contributed by atoms with Gasteiger partial charge >= 0.3 is 0 Å². The predicted octanol–water partition coefficient (Wildman–Crippen LogP) is 2.55. The lowest BCUT2D eigenvalue weighted by atomic mass is 9.93. The van der Waals surface area contributed by atoms with E-state index in [0.29, 0.717) is 18.7 Å². The Morgan fingerprint density at radius 1 is 1.22 bits per heavy atom. The molecule has 3 rings (SSSR count). The van der Waals surface area contributed by atoms with E-state index in [1.54, 1.807) is 6.20 Å². The van der Waals surface area contributed by atoms with Gasteiger partial charge in [0.25, 0.3) is 5.91 Å². The molecule has 1 saturated heterocycles. The third-order valence-corrected chi connectivity index (χ3v) is 4.78. The van der Waals surface area contributed by atoms with E-state index in [4.69, 9.17) is 0 Å². The Morgan fingerprint density at radius 3 is 2.70 bits per heavy atom. The average Bonchev–Trinajstić information content (AvgIpc) is 3.02. The number of likely N-dealkylation sites (tertiary alicyclic amines) is 1. The van der Waals surface area contributed by atoms with Crippen molar-refractivity contribution in [2.45, 2.75) is 19.8 Å². The number of rotatable bonds is 3. The first-order chi connectivity index (χ1) is 11.1. The number of aliphatic hydroxyl groups excluding tert-OH is 1. The molecule has 4 heteroatoms. The van der Waals surface area contributed by atoms with Gasteiger partial charge in [-0.15, -0.1) is 0 Å². The van der Waals surface area contributed by atoms with Crippen LogP contribution in [0, 0.1) is 19.8 Å². The van der Waals surface area contributed by atoms with Crippen LogP contribution in [0.2, 0.25) is 0 Å². The number of hydrogen-bond acceptors (Lipinski definition) is 3. The van der Waals surface area contributed by atoms with Gasteiger partial charge in [-0.3, -0.25) is 9.78 Å². The normalized spacial score (nSPS) is 20.7. The van der Waals surface area contributed by atoms with Gasteiger partial charge in [-0.05, 0) is 49.2 Å². The maximum Gasteiger partial charge on any atom is 0.253 e. The minimum atomic E-state index is 0.0324. The number of benzene rings is 1. The molecule has 0 spiro atoms. The van der Waals surface area contributed by atoms with Crippen LogP contribution >= 0.6 is 0 Å². The van der Waals surface area contributed by atoms with Crippen LogP contribution in [0.4, 0.5) is 0 Å². The number of carbonyl (C=O) groups is 1. The minimum Gasteiger partial charge on any atom is -0.396 e. The summed E-state index contributed by atoms with van der Waals surface area (Å²) in [4.78, 5) is 19.0. The largest absolute Gasteiger partial charge is 0.396 e. The van der Waals surface area contributed by atoms with Crippen LogP contribution in [0.25, 0.3) is 0 Å². The van der Waals surface area contributed by atoms with E-state index >= 15 is 0 Å². The number of hydrogen-bond donors (Lipinski definition) is 1. The zero-order valence-corrected chi connectivity index (χ0v) is 13.6. The highest BCUT2D eigenvalue weighted by atomic mass is 16.3. The van der Waals surface area contributed by atoms with E-state index in [1.807, 2.05) is 55.1 Å². The molecular weight excluding hydrogens is 288 g/mol. The number of carbonyl (C=O) groups excluding carboxylic acids is 1. The van der Waals surface area contributed by atoms with Gasteiger partial charge in [-0.25, -0.2) is 0 Å². The second-order valence-corrected chi connectivity index (χ2v) is 6.31. The smallest absolute Gasteiger partial charge is 0.253 e. The molecule has 4 nitrogen and oxygen atoms in total.